The maximum absolute atomic E-state index is 4.59. The zero-order chi connectivity index (χ0) is 26.3. The second-order valence-corrected chi connectivity index (χ2v) is 12.6. The SMILES string of the molecule is C=C1C(C)=CC(C(C)C)C(=C)C1CC1=Cc2cccc(-c3cc(C)cc(C)c3CC3CCCCC3)c2C1. The summed E-state index contributed by atoms with van der Waals surface area (Å²) >= 11 is 0. The van der Waals surface area contributed by atoms with E-state index >= 15 is 0 Å². The highest BCUT2D eigenvalue weighted by atomic mass is 14.4. The molecule has 2 aromatic carbocycles. The van der Waals surface area contributed by atoms with Crippen molar-refractivity contribution in [2.45, 2.75) is 86.0 Å². The topological polar surface area (TPSA) is 0 Å². The van der Waals surface area contributed by atoms with Gasteiger partial charge >= 0.3 is 0 Å². The molecule has 37 heavy (non-hydrogen) atoms. The van der Waals surface area contributed by atoms with Gasteiger partial charge in [-0.15, -0.1) is 0 Å². The Morgan fingerprint density at radius 3 is 2.41 bits per heavy atom. The molecular weight excluding hydrogens is 444 g/mol. The fourth-order valence-corrected chi connectivity index (χ4v) is 7.36. The van der Waals surface area contributed by atoms with E-state index in [1.54, 1.807) is 5.56 Å². The Kier molecular flexibility index (Phi) is 7.49. The fraction of sp³-hybridized carbons (Fsp3) is 0.459. The fourth-order valence-electron chi connectivity index (χ4n) is 7.36. The van der Waals surface area contributed by atoms with E-state index in [-0.39, 0.29) is 0 Å². The second-order valence-electron chi connectivity index (χ2n) is 12.6. The van der Waals surface area contributed by atoms with Gasteiger partial charge in [0.15, 0.2) is 0 Å². The summed E-state index contributed by atoms with van der Waals surface area (Å²) in [5.41, 5.74) is 15.8. The summed E-state index contributed by atoms with van der Waals surface area (Å²) in [6, 6.07) is 11.8. The van der Waals surface area contributed by atoms with E-state index < -0.39 is 0 Å². The van der Waals surface area contributed by atoms with Crippen molar-refractivity contribution in [3.8, 4) is 11.1 Å². The zero-order valence-electron chi connectivity index (χ0n) is 23.9. The van der Waals surface area contributed by atoms with Crippen molar-refractivity contribution in [1.82, 2.24) is 0 Å². The van der Waals surface area contributed by atoms with E-state index in [2.05, 4.69) is 90.3 Å². The minimum atomic E-state index is 0.351. The Balaban J connectivity index is 1.44. The van der Waals surface area contributed by atoms with Gasteiger partial charge in [-0.25, -0.2) is 0 Å². The molecule has 0 aromatic heterocycles. The van der Waals surface area contributed by atoms with Crippen LogP contribution in [0.2, 0.25) is 0 Å². The lowest BCUT2D eigenvalue weighted by Crippen LogP contribution is -2.23. The summed E-state index contributed by atoms with van der Waals surface area (Å²) in [6.07, 6.45) is 15.2. The third-order valence-corrected chi connectivity index (χ3v) is 9.52. The van der Waals surface area contributed by atoms with Gasteiger partial charge in [0.05, 0.1) is 0 Å². The molecule has 0 spiro atoms. The number of allylic oxidation sites excluding steroid dienone is 5. The Hall–Kier alpha value is -2.60. The summed E-state index contributed by atoms with van der Waals surface area (Å²) in [5.74, 6) is 2.22. The van der Waals surface area contributed by atoms with Crippen LogP contribution in [0.15, 0.2) is 71.9 Å². The molecule has 1 saturated carbocycles. The van der Waals surface area contributed by atoms with Gasteiger partial charge in [0.1, 0.15) is 0 Å². The zero-order valence-corrected chi connectivity index (χ0v) is 23.9. The van der Waals surface area contributed by atoms with Crippen LogP contribution in [0.4, 0.5) is 0 Å². The molecule has 0 bridgehead atoms. The van der Waals surface area contributed by atoms with Crippen molar-refractivity contribution in [3.63, 3.8) is 0 Å². The normalized spacial score (nSPS) is 22.3. The van der Waals surface area contributed by atoms with E-state index in [0.29, 0.717) is 17.8 Å². The number of hydrogen-bond donors (Lipinski definition) is 0. The predicted octanol–water partition coefficient (Wildman–Crippen LogP) is 10.4. The average Bonchev–Trinajstić information content (AvgIpc) is 3.29. The smallest absolute Gasteiger partial charge is 0.00855 e. The van der Waals surface area contributed by atoms with Gasteiger partial charge in [-0.1, -0.05) is 124 Å². The summed E-state index contributed by atoms with van der Waals surface area (Å²) in [5, 5.41) is 0. The second kappa shape index (κ2) is 10.6. The van der Waals surface area contributed by atoms with Crippen molar-refractivity contribution in [3.05, 3.63) is 99.7 Å². The predicted molar refractivity (Wildman–Crippen MR) is 162 cm³/mol. The van der Waals surface area contributed by atoms with Crippen LogP contribution in [0.25, 0.3) is 17.2 Å². The standard InChI is InChI=1S/C37H46/c1-23(2)33-18-25(4)27(6)35(28(33)7)21-30-19-31-14-11-15-32(36(31)22-30)37-17-24(3)16-26(5)34(37)20-29-12-9-8-10-13-29/h11,14-19,23,29,33,35H,6-10,12-13,20-22H2,1-5H3. The molecule has 0 aliphatic heterocycles. The average molecular weight is 491 g/mol. The first kappa shape index (κ1) is 26.0. The summed E-state index contributed by atoms with van der Waals surface area (Å²) < 4.78 is 0. The van der Waals surface area contributed by atoms with Crippen LogP contribution in [-0.2, 0) is 12.8 Å². The first-order valence-corrected chi connectivity index (χ1v) is 14.7. The highest BCUT2D eigenvalue weighted by Crippen LogP contribution is 2.45. The van der Waals surface area contributed by atoms with Gasteiger partial charge in [0.25, 0.3) is 0 Å². The van der Waals surface area contributed by atoms with E-state index in [1.807, 2.05) is 0 Å². The largest absolute Gasteiger partial charge is 0.0986 e. The van der Waals surface area contributed by atoms with E-state index in [0.717, 1.165) is 18.8 Å². The first-order chi connectivity index (χ1) is 17.7. The van der Waals surface area contributed by atoms with E-state index in [9.17, 15) is 0 Å². The molecule has 0 saturated heterocycles. The number of rotatable bonds is 6. The van der Waals surface area contributed by atoms with Crippen molar-refractivity contribution >= 4 is 6.08 Å². The van der Waals surface area contributed by atoms with E-state index in [1.165, 1.54) is 94.2 Å². The van der Waals surface area contributed by atoms with Gasteiger partial charge < -0.3 is 0 Å². The van der Waals surface area contributed by atoms with Crippen LogP contribution in [0, 0.1) is 37.5 Å². The van der Waals surface area contributed by atoms with Gasteiger partial charge in [-0.2, -0.15) is 0 Å². The highest BCUT2D eigenvalue weighted by Gasteiger charge is 2.31. The quantitative estimate of drug-likeness (QED) is 0.353. The summed E-state index contributed by atoms with van der Waals surface area (Å²) in [4.78, 5) is 0. The molecule has 2 atom stereocenters. The number of benzene rings is 2. The lowest BCUT2D eigenvalue weighted by atomic mass is 9.70. The maximum atomic E-state index is 4.59. The van der Waals surface area contributed by atoms with Gasteiger partial charge in [0, 0.05) is 11.8 Å². The number of fused-ring (bicyclic) bond motifs is 1. The monoisotopic (exact) mass is 490 g/mol. The van der Waals surface area contributed by atoms with E-state index in [4.69, 9.17) is 0 Å². The van der Waals surface area contributed by atoms with Crippen LogP contribution in [-0.4, -0.2) is 0 Å². The lowest BCUT2D eigenvalue weighted by Gasteiger charge is -2.35. The minimum Gasteiger partial charge on any atom is -0.0986 e. The Labute approximate surface area is 226 Å². The van der Waals surface area contributed by atoms with Crippen LogP contribution < -0.4 is 0 Å². The van der Waals surface area contributed by atoms with Gasteiger partial charge in [-0.05, 0) is 90.8 Å². The third-order valence-electron chi connectivity index (χ3n) is 9.52. The van der Waals surface area contributed by atoms with Crippen LogP contribution >= 0.6 is 0 Å². The molecule has 3 aliphatic rings. The van der Waals surface area contributed by atoms with Crippen molar-refractivity contribution in [2.75, 3.05) is 0 Å². The molecule has 0 radical (unpaired) electrons. The summed E-state index contributed by atoms with van der Waals surface area (Å²) in [7, 11) is 0. The molecule has 0 nitrogen and oxygen atoms in total. The molecule has 0 heteroatoms. The molecule has 0 N–H and O–H groups in total. The van der Waals surface area contributed by atoms with Crippen molar-refractivity contribution < 1.29 is 0 Å². The number of aryl methyl sites for hydroxylation is 2. The Morgan fingerprint density at radius 1 is 0.919 bits per heavy atom. The van der Waals surface area contributed by atoms with Gasteiger partial charge in [-0.3, -0.25) is 0 Å². The van der Waals surface area contributed by atoms with Crippen molar-refractivity contribution in [2.24, 2.45) is 23.7 Å². The number of hydrogen-bond acceptors (Lipinski definition) is 0. The molecule has 5 rings (SSSR count). The molecule has 0 amide bonds. The van der Waals surface area contributed by atoms with Crippen LogP contribution in [0.1, 0.15) is 87.1 Å². The molecule has 0 heterocycles. The highest BCUT2D eigenvalue weighted by molar-refractivity contribution is 5.80. The summed E-state index contributed by atoms with van der Waals surface area (Å²) in [6.45, 7) is 20.6. The molecule has 2 aromatic rings. The third kappa shape index (κ3) is 5.22. The van der Waals surface area contributed by atoms with Crippen LogP contribution in [0.3, 0.4) is 0 Å². The van der Waals surface area contributed by atoms with Gasteiger partial charge in [0.2, 0.25) is 0 Å². The minimum absolute atomic E-state index is 0.351. The molecular formula is C37H46. The molecule has 2 unspecified atom stereocenters. The molecule has 3 aliphatic carbocycles. The maximum Gasteiger partial charge on any atom is 0.00855 e. The van der Waals surface area contributed by atoms with Crippen LogP contribution in [0.5, 0.6) is 0 Å². The Bertz CT molecular complexity index is 1270. The first-order valence-electron chi connectivity index (χ1n) is 14.7. The molecule has 1 fully saturated rings. The molecule has 194 valence electrons. The lowest BCUT2D eigenvalue weighted by molar-refractivity contribution is 0.356. The Morgan fingerprint density at radius 2 is 1.68 bits per heavy atom. The van der Waals surface area contributed by atoms with Crippen molar-refractivity contribution in [1.29, 1.82) is 0 Å².